The van der Waals surface area contributed by atoms with Gasteiger partial charge >= 0.3 is 0 Å². The highest BCUT2D eigenvalue weighted by atomic mass is 19.1. The van der Waals surface area contributed by atoms with E-state index in [9.17, 15) is 9.65 Å². The fourth-order valence-corrected chi connectivity index (χ4v) is 2.03. The summed E-state index contributed by atoms with van der Waals surface area (Å²) in [6.45, 7) is 0.522. The van der Waals surface area contributed by atoms with Crippen LogP contribution in [0.25, 0.3) is 0 Å². The normalized spacial score (nSPS) is 11.7. The van der Waals surface area contributed by atoms with E-state index in [1.54, 1.807) is 12.1 Å². The van der Waals surface area contributed by atoms with Crippen LogP contribution in [0.4, 0.5) is 10.1 Å². The molecule has 0 amide bonds. The third-order valence-corrected chi connectivity index (χ3v) is 3.30. The predicted molar refractivity (Wildman–Crippen MR) is 82.4 cm³/mol. The molecule has 0 aliphatic rings. The van der Waals surface area contributed by atoms with Crippen molar-refractivity contribution in [1.82, 2.24) is 5.32 Å². The lowest BCUT2D eigenvalue weighted by molar-refractivity contribution is 0.616. The molecule has 0 aromatic heterocycles. The number of nitrogens with zero attached hydrogens (tertiary/aromatic N) is 2. The van der Waals surface area contributed by atoms with E-state index in [2.05, 4.69) is 11.4 Å². The Morgan fingerprint density at radius 3 is 2.24 bits per heavy atom. The van der Waals surface area contributed by atoms with Crippen LogP contribution in [0.1, 0.15) is 17.2 Å². The second kappa shape index (κ2) is 6.87. The molecule has 2 aromatic carbocycles. The molecule has 0 heterocycles. The molecule has 1 atom stereocenters. The maximum Gasteiger partial charge on any atom is 0.123 e. The number of halogens is 1. The van der Waals surface area contributed by atoms with Crippen molar-refractivity contribution in [1.29, 1.82) is 5.26 Å². The Labute approximate surface area is 124 Å². The van der Waals surface area contributed by atoms with Crippen LogP contribution in [0.3, 0.4) is 0 Å². The average Bonchev–Trinajstić information content (AvgIpc) is 2.50. The van der Waals surface area contributed by atoms with Crippen molar-refractivity contribution >= 4 is 5.69 Å². The van der Waals surface area contributed by atoms with Gasteiger partial charge in [0.15, 0.2) is 0 Å². The molecule has 2 rings (SSSR count). The number of hydrogen-bond acceptors (Lipinski definition) is 3. The number of benzene rings is 2. The Bertz CT molecular complexity index is 612. The molecule has 0 aliphatic carbocycles. The maximum absolute atomic E-state index is 12.8. The number of rotatable bonds is 5. The fourth-order valence-electron chi connectivity index (χ4n) is 2.03. The number of hydrogen-bond donors (Lipinski definition) is 1. The first kappa shape index (κ1) is 15.0. The Kier molecular flexibility index (Phi) is 4.91. The lowest BCUT2D eigenvalue weighted by Gasteiger charge is -2.15. The molecule has 1 unspecified atom stereocenters. The summed E-state index contributed by atoms with van der Waals surface area (Å²) in [7, 11) is 3.95. The number of anilines is 1. The first-order valence-electron chi connectivity index (χ1n) is 6.75. The minimum atomic E-state index is -0.383. The summed E-state index contributed by atoms with van der Waals surface area (Å²) in [6, 6.07) is 16.0. The molecule has 4 heteroatoms. The van der Waals surface area contributed by atoms with Gasteiger partial charge in [0.25, 0.3) is 0 Å². The van der Waals surface area contributed by atoms with Crippen LogP contribution in [0.2, 0.25) is 0 Å². The van der Waals surface area contributed by atoms with Crippen LogP contribution in [0.5, 0.6) is 0 Å². The second-order valence-electron chi connectivity index (χ2n) is 5.06. The van der Waals surface area contributed by atoms with E-state index in [1.165, 1.54) is 12.1 Å². The van der Waals surface area contributed by atoms with Gasteiger partial charge in [-0.25, -0.2) is 4.39 Å². The van der Waals surface area contributed by atoms with Gasteiger partial charge < -0.3 is 4.90 Å². The lowest BCUT2D eigenvalue weighted by Crippen LogP contribution is -2.19. The van der Waals surface area contributed by atoms with E-state index in [-0.39, 0.29) is 11.9 Å². The van der Waals surface area contributed by atoms with Gasteiger partial charge in [-0.3, -0.25) is 5.32 Å². The molecular formula is C17H18FN3. The van der Waals surface area contributed by atoms with Crippen LogP contribution in [0, 0.1) is 17.1 Å². The molecule has 21 heavy (non-hydrogen) atoms. The van der Waals surface area contributed by atoms with E-state index in [0.29, 0.717) is 6.54 Å². The summed E-state index contributed by atoms with van der Waals surface area (Å²) in [6.07, 6.45) is 0. The second-order valence-corrected chi connectivity index (χ2v) is 5.06. The van der Waals surface area contributed by atoms with Gasteiger partial charge in [-0.15, -0.1) is 0 Å². The van der Waals surface area contributed by atoms with E-state index in [0.717, 1.165) is 16.8 Å². The largest absolute Gasteiger partial charge is 0.378 e. The third kappa shape index (κ3) is 4.04. The van der Waals surface area contributed by atoms with Crippen molar-refractivity contribution in [3.8, 4) is 6.07 Å². The first-order valence-corrected chi connectivity index (χ1v) is 6.75. The fraction of sp³-hybridized carbons (Fsp3) is 0.235. The minimum absolute atomic E-state index is 0.255. The zero-order valence-electron chi connectivity index (χ0n) is 12.2. The van der Waals surface area contributed by atoms with E-state index in [1.807, 2.05) is 43.3 Å². The summed E-state index contributed by atoms with van der Waals surface area (Å²) in [5, 5.41) is 12.5. The molecule has 1 N–H and O–H groups in total. The van der Waals surface area contributed by atoms with Gasteiger partial charge in [0, 0.05) is 26.3 Å². The highest BCUT2D eigenvalue weighted by molar-refractivity contribution is 5.47. The SMILES string of the molecule is CN(C)c1ccc(C(C#N)NCc2ccc(F)cc2)cc1. The molecule has 0 saturated heterocycles. The summed E-state index contributed by atoms with van der Waals surface area (Å²) in [4.78, 5) is 2.01. The summed E-state index contributed by atoms with van der Waals surface area (Å²) < 4.78 is 12.8. The molecule has 0 saturated carbocycles. The van der Waals surface area contributed by atoms with E-state index < -0.39 is 0 Å². The number of nitrogens with one attached hydrogen (secondary N) is 1. The van der Waals surface area contributed by atoms with Gasteiger partial charge in [0.1, 0.15) is 11.9 Å². The highest BCUT2D eigenvalue weighted by Gasteiger charge is 2.10. The van der Waals surface area contributed by atoms with Crippen LogP contribution in [0.15, 0.2) is 48.5 Å². The maximum atomic E-state index is 12.8. The van der Waals surface area contributed by atoms with Crippen LogP contribution in [-0.4, -0.2) is 14.1 Å². The molecular weight excluding hydrogens is 265 g/mol. The van der Waals surface area contributed by atoms with Crippen molar-refractivity contribution in [2.75, 3.05) is 19.0 Å². The standard InChI is InChI=1S/C17H18FN3/c1-21(2)16-9-5-14(6-10-16)17(11-19)20-12-13-3-7-15(18)8-4-13/h3-10,17,20H,12H2,1-2H3. The zero-order chi connectivity index (χ0) is 15.2. The molecule has 0 fully saturated rings. The van der Waals surface area contributed by atoms with Crippen molar-refractivity contribution in [3.05, 3.63) is 65.5 Å². The molecule has 2 aromatic rings. The van der Waals surface area contributed by atoms with Gasteiger partial charge in [-0.1, -0.05) is 24.3 Å². The molecule has 3 nitrogen and oxygen atoms in total. The van der Waals surface area contributed by atoms with Crippen molar-refractivity contribution < 1.29 is 4.39 Å². The number of nitriles is 1. The van der Waals surface area contributed by atoms with Crippen molar-refractivity contribution in [3.63, 3.8) is 0 Å². The highest BCUT2D eigenvalue weighted by Crippen LogP contribution is 2.18. The van der Waals surface area contributed by atoms with Gasteiger partial charge in [0.05, 0.1) is 6.07 Å². The lowest BCUT2D eigenvalue weighted by atomic mass is 10.1. The van der Waals surface area contributed by atoms with Crippen LogP contribution >= 0.6 is 0 Å². The monoisotopic (exact) mass is 283 g/mol. The Hall–Kier alpha value is -2.38. The third-order valence-electron chi connectivity index (χ3n) is 3.30. The Morgan fingerprint density at radius 2 is 1.71 bits per heavy atom. The zero-order valence-corrected chi connectivity index (χ0v) is 12.2. The quantitative estimate of drug-likeness (QED) is 0.915. The van der Waals surface area contributed by atoms with Crippen molar-refractivity contribution in [2.45, 2.75) is 12.6 Å². The predicted octanol–water partition coefficient (Wildman–Crippen LogP) is 3.25. The summed E-state index contributed by atoms with van der Waals surface area (Å²) >= 11 is 0. The van der Waals surface area contributed by atoms with Crippen LogP contribution < -0.4 is 10.2 Å². The van der Waals surface area contributed by atoms with E-state index in [4.69, 9.17) is 0 Å². The average molecular weight is 283 g/mol. The van der Waals surface area contributed by atoms with Gasteiger partial charge in [-0.2, -0.15) is 5.26 Å². The molecule has 0 aliphatic heterocycles. The van der Waals surface area contributed by atoms with Crippen LogP contribution in [-0.2, 0) is 6.54 Å². The molecule has 0 radical (unpaired) electrons. The topological polar surface area (TPSA) is 39.1 Å². The molecule has 0 spiro atoms. The van der Waals surface area contributed by atoms with Crippen molar-refractivity contribution in [2.24, 2.45) is 0 Å². The first-order chi connectivity index (χ1) is 10.1. The summed E-state index contributed by atoms with van der Waals surface area (Å²) in [5.74, 6) is -0.255. The van der Waals surface area contributed by atoms with E-state index >= 15 is 0 Å². The van der Waals surface area contributed by atoms with Gasteiger partial charge in [-0.05, 0) is 35.4 Å². The Balaban J connectivity index is 2.02. The molecule has 108 valence electrons. The smallest absolute Gasteiger partial charge is 0.123 e. The Morgan fingerprint density at radius 1 is 1.10 bits per heavy atom. The molecule has 0 bridgehead atoms. The van der Waals surface area contributed by atoms with Gasteiger partial charge in [0.2, 0.25) is 0 Å². The minimum Gasteiger partial charge on any atom is -0.378 e. The summed E-state index contributed by atoms with van der Waals surface area (Å²) in [5.41, 5.74) is 2.96.